The van der Waals surface area contributed by atoms with E-state index in [1.54, 1.807) is 0 Å². The van der Waals surface area contributed by atoms with Gasteiger partial charge in [-0.3, -0.25) is 4.79 Å². The van der Waals surface area contributed by atoms with Gasteiger partial charge in [0.05, 0.1) is 6.04 Å². The van der Waals surface area contributed by atoms with Crippen LogP contribution in [-0.2, 0) is 17.8 Å². The fourth-order valence-corrected chi connectivity index (χ4v) is 2.99. The van der Waals surface area contributed by atoms with Crippen LogP contribution >= 0.6 is 0 Å². The van der Waals surface area contributed by atoms with Crippen LogP contribution in [0, 0.1) is 0 Å². The molecule has 4 rings (SSSR count). The second kappa shape index (κ2) is 5.93. The van der Waals surface area contributed by atoms with E-state index in [1.807, 2.05) is 30.3 Å². The molecule has 0 aliphatic carbocycles. The van der Waals surface area contributed by atoms with Gasteiger partial charge in [0.25, 0.3) is 0 Å². The third-order valence-electron chi connectivity index (χ3n) is 4.21. The largest absolute Gasteiger partial charge is 0.486 e. The van der Waals surface area contributed by atoms with Crippen LogP contribution in [-0.4, -0.2) is 25.2 Å². The Hall–Kier alpha value is -2.53. The number of rotatable bonds is 2. The third kappa shape index (κ3) is 2.87. The lowest BCUT2D eigenvalue weighted by Crippen LogP contribution is -2.44. The van der Waals surface area contributed by atoms with Crippen molar-refractivity contribution in [3.8, 4) is 11.5 Å². The van der Waals surface area contributed by atoms with Crippen LogP contribution in [0.15, 0.2) is 42.5 Å². The fraction of sp³-hybridized carbons (Fsp3) is 0.278. The molecule has 0 radical (unpaired) electrons. The van der Waals surface area contributed by atoms with Crippen LogP contribution in [0.2, 0.25) is 0 Å². The second-order valence-electron chi connectivity index (χ2n) is 5.75. The zero-order chi connectivity index (χ0) is 15.6. The van der Waals surface area contributed by atoms with Gasteiger partial charge in [-0.1, -0.05) is 24.3 Å². The fourth-order valence-electron chi connectivity index (χ4n) is 2.99. The van der Waals surface area contributed by atoms with E-state index in [0.29, 0.717) is 25.4 Å². The van der Waals surface area contributed by atoms with Crippen LogP contribution in [0.1, 0.15) is 11.1 Å². The first-order valence-corrected chi connectivity index (χ1v) is 7.80. The highest BCUT2D eigenvalue weighted by Crippen LogP contribution is 2.32. The molecular formula is C18H18N2O3. The van der Waals surface area contributed by atoms with E-state index in [1.165, 1.54) is 11.1 Å². The molecule has 2 aromatic carbocycles. The first-order valence-electron chi connectivity index (χ1n) is 7.80. The molecule has 5 nitrogen and oxygen atoms in total. The van der Waals surface area contributed by atoms with Crippen molar-refractivity contribution in [3.05, 3.63) is 53.6 Å². The standard InChI is InChI=1S/C18H18N2O3/c21-18(15-9-12-3-1-2-4-13(12)11-19-15)20-14-5-6-16-17(10-14)23-8-7-22-16/h1-6,10,15,19H,7-9,11H2,(H,20,21)/t15-/m1/s1. The van der Waals surface area contributed by atoms with Gasteiger partial charge in [-0.15, -0.1) is 0 Å². The molecule has 0 unspecified atom stereocenters. The van der Waals surface area contributed by atoms with E-state index in [9.17, 15) is 4.79 Å². The lowest BCUT2D eigenvalue weighted by atomic mass is 9.95. The summed E-state index contributed by atoms with van der Waals surface area (Å²) in [6, 6.07) is 13.5. The van der Waals surface area contributed by atoms with Crippen molar-refractivity contribution in [1.82, 2.24) is 5.32 Å². The monoisotopic (exact) mass is 310 g/mol. The predicted molar refractivity (Wildman–Crippen MR) is 86.8 cm³/mol. The van der Waals surface area contributed by atoms with E-state index < -0.39 is 0 Å². The molecule has 0 bridgehead atoms. The van der Waals surface area contributed by atoms with Crippen molar-refractivity contribution in [1.29, 1.82) is 0 Å². The molecule has 23 heavy (non-hydrogen) atoms. The lowest BCUT2D eigenvalue weighted by Gasteiger charge is -2.25. The predicted octanol–water partition coefficient (Wildman–Crippen LogP) is 2.11. The van der Waals surface area contributed by atoms with Crippen molar-refractivity contribution in [2.75, 3.05) is 18.5 Å². The summed E-state index contributed by atoms with van der Waals surface area (Å²) in [5, 5.41) is 6.25. The smallest absolute Gasteiger partial charge is 0.241 e. The van der Waals surface area contributed by atoms with Crippen molar-refractivity contribution in [2.24, 2.45) is 0 Å². The molecular weight excluding hydrogens is 292 g/mol. The zero-order valence-corrected chi connectivity index (χ0v) is 12.7. The zero-order valence-electron chi connectivity index (χ0n) is 12.7. The summed E-state index contributed by atoms with van der Waals surface area (Å²) in [7, 11) is 0. The first-order chi connectivity index (χ1) is 11.3. The highest BCUT2D eigenvalue weighted by Gasteiger charge is 2.24. The second-order valence-corrected chi connectivity index (χ2v) is 5.75. The van der Waals surface area contributed by atoms with E-state index in [0.717, 1.165) is 18.0 Å². The topological polar surface area (TPSA) is 59.6 Å². The average Bonchev–Trinajstić information content (AvgIpc) is 2.61. The number of nitrogens with one attached hydrogen (secondary N) is 2. The van der Waals surface area contributed by atoms with E-state index in [-0.39, 0.29) is 11.9 Å². The molecule has 0 spiro atoms. The summed E-state index contributed by atoms with van der Waals surface area (Å²) >= 11 is 0. The van der Waals surface area contributed by atoms with Gasteiger partial charge >= 0.3 is 0 Å². The average molecular weight is 310 g/mol. The van der Waals surface area contributed by atoms with Crippen molar-refractivity contribution >= 4 is 11.6 Å². The quantitative estimate of drug-likeness (QED) is 0.892. The molecule has 2 aromatic rings. The Balaban J connectivity index is 1.46. The molecule has 1 atom stereocenters. The number of benzene rings is 2. The maximum Gasteiger partial charge on any atom is 0.241 e. The Morgan fingerprint density at radius 3 is 2.70 bits per heavy atom. The van der Waals surface area contributed by atoms with Gasteiger partial charge in [0.15, 0.2) is 11.5 Å². The summed E-state index contributed by atoms with van der Waals surface area (Å²) in [6.07, 6.45) is 0.701. The maximum atomic E-state index is 12.5. The number of carbonyl (C=O) groups excluding carboxylic acids is 1. The van der Waals surface area contributed by atoms with Crippen LogP contribution in [0.25, 0.3) is 0 Å². The van der Waals surface area contributed by atoms with Gasteiger partial charge in [0.2, 0.25) is 5.91 Å². The highest BCUT2D eigenvalue weighted by molar-refractivity contribution is 5.95. The van der Waals surface area contributed by atoms with E-state index >= 15 is 0 Å². The van der Waals surface area contributed by atoms with Crippen molar-refractivity contribution in [3.63, 3.8) is 0 Å². The summed E-state index contributed by atoms with van der Waals surface area (Å²) in [4.78, 5) is 12.5. The number of hydrogen-bond acceptors (Lipinski definition) is 4. The number of carbonyl (C=O) groups is 1. The van der Waals surface area contributed by atoms with Gasteiger partial charge in [0, 0.05) is 18.3 Å². The minimum Gasteiger partial charge on any atom is -0.486 e. The SMILES string of the molecule is O=C(Nc1ccc2c(c1)OCCO2)[C@H]1Cc2ccccc2CN1. The number of hydrogen-bond donors (Lipinski definition) is 2. The molecule has 2 aliphatic heterocycles. The van der Waals surface area contributed by atoms with Gasteiger partial charge < -0.3 is 20.1 Å². The van der Waals surface area contributed by atoms with E-state index in [2.05, 4.69) is 22.8 Å². The Labute approximate surface area is 134 Å². The van der Waals surface area contributed by atoms with Crippen molar-refractivity contribution in [2.45, 2.75) is 19.0 Å². The molecule has 2 heterocycles. The van der Waals surface area contributed by atoms with Crippen molar-refractivity contribution < 1.29 is 14.3 Å². The van der Waals surface area contributed by atoms with E-state index in [4.69, 9.17) is 9.47 Å². The van der Waals surface area contributed by atoms with Crippen LogP contribution in [0.5, 0.6) is 11.5 Å². The molecule has 2 N–H and O–H groups in total. The van der Waals surface area contributed by atoms with Crippen LogP contribution in [0.4, 0.5) is 5.69 Å². The minimum atomic E-state index is -0.224. The molecule has 118 valence electrons. The van der Waals surface area contributed by atoms with Crippen LogP contribution in [0.3, 0.4) is 0 Å². The number of anilines is 1. The first kappa shape index (κ1) is 14.1. The summed E-state index contributed by atoms with van der Waals surface area (Å²) < 4.78 is 11.0. The van der Waals surface area contributed by atoms with Gasteiger partial charge in [0.1, 0.15) is 13.2 Å². The molecule has 5 heteroatoms. The normalized spacial score (nSPS) is 18.9. The Bertz CT molecular complexity index is 745. The molecule has 0 fully saturated rings. The summed E-state index contributed by atoms with van der Waals surface area (Å²) in [5.74, 6) is 1.37. The molecule has 0 aromatic heterocycles. The molecule has 0 saturated carbocycles. The van der Waals surface area contributed by atoms with Gasteiger partial charge in [-0.05, 0) is 29.7 Å². The number of ether oxygens (including phenoxy) is 2. The van der Waals surface area contributed by atoms with Gasteiger partial charge in [-0.25, -0.2) is 0 Å². The lowest BCUT2D eigenvalue weighted by molar-refractivity contribution is -0.118. The third-order valence-corrected chi connectivity index (χ3v) is 4.21. The Morgan fingerprint density at radius 2 is 1.83 bits per heavy atom. The number of amides is 1. The molecule has 2 aliphatic rings. The summed E-state index contributed by atoms with van der Waals surface area (Å²) in [6.45, 7) is 1.81. The van der Waals surface area contributed by atoms with Crippen LogP contribution < -0.4 is 20.1 Å². The Kier molecular flexibility index (Phi) is 3.63. The highest BCUT2D eigenvalue weighted by atomic mass is 16.6. The number of fused-ring (bicyclic) bond motifs is 2. The van der Waals surface area contributed by atoms with Gasteiger partial charge in [-0.2, -0.15) is 0 Å². The molecule has 0 saturated heterocycles. The molecule has 1 amide bonds. The summed E-state index contributed by atoms with van der Waals surface area (Å²) in [5.41, 5.74) is 3.21. The maximum absolute atomic E-state index is 12.5. The minimum absolute atomic E-state index is 0.0313. The Morgan fingerprint density at radius 1 is 1.04 bits per heavy atom.